The summed E-state index contributed by atoms with van der Waals surface area (Å²) >= 11 is 23.6. The molecule has 29 heavy (non-hydrogen) atoms. The van der Waals surface area contributed by atoms with Gasteiger partial charge in [-0.3, -0.25) is 9.59 Å². The topological polar surface area (TPSA) is 59.9 Å². The van der Waals surface area contributed by atoms with Gasteiger partial charge in [-0.15, -0.1) is 0 Å². The number of carbonyl (C=O) groups excluding carboxylic acids is 2. The van der Waals surface area contributed by atoms with Gasteiger partial charge in [0.15, 0.2) is 12.1 Å². The van der Waals surface area contributed by atoms with Crippen LogP contribution in [0.15, 0.2) is 48.5 Å². The van der Waals surface area contributed by atoms with Crippen LogP contribution in [0.5, 0.6) is 0 Å². The van der Waals surface area contributed by atoms with E-state index in [-0.39, 0.29) is 16.1 Å². The minimum absolute atomic E-state index is 0.116. The summed E-state index contributed by atoms with van der Waals surface area (Å²) in [5.74, 6) is -0.116. The molecule has 0 spiro atoms. The first kappa shape index (κ1) is 21.5. The minimum atomic E-state index is -0.116. The summed E-state index contributed by atoms with van der Waals surface area (Å²) in [6, 6.07) is 14.0. The number of halogens is 4. The van der Waals surface area contributed by atoms with E-state index in [4.69, 9.17) is 46.4 Å². The number of hydrogen-bond acceptors (Lipinski definition) is 4. The molecular weight excluding hydrogens is 454 g/mol. The van der Waals surface area contributed by atoms with E-state index in [1.54, 1.807) is 48.5 Å². The monoisotopic (exact) mass is 464 g/mol. The Bertz CT molecular complexity index is 1260. The Kier molecular flexibility index (Phi) is 6.70. The molecule has 0 saturated carbocycles. The number of pyridine rings is 2. The molecule has 4 rings (SSSR count). The van der Waals surface area contributed by atoms with Gasteiger partial charge in [0, 0.05) is 20.8 Å². The molecule has 8 heteroatoms. The maximum absolute atomic E-state index is 11.3. The van der Waals surface area contributed by atoms with Crippen LogP contribution in [0, 0.1) is 0 Å². The minimum Gasteiger partial charge on any atom is -0.298 e. The fraction of sp³-hybridized carbons (Fsp3) is 0.0476. The molecule has 0 saturated heterocycles. The third-order valence-corrected chi connectivity index (χ3v) is 5.30. The lowest BCUT2D eigenvalue weighted by Crippen LogP contribution is -1.96. The van der Waals surface area contributed by atoms with Crippen LogP contribution in [0.1, 0.15) is 27.6 Å². The van der Waals surface area contributed by atoms with Gasteiger partial charge in [-0.25, -0.2) is 9.97 Å². The van der Waals surface area contributed by atoms with Crippen LogP contribution >= 0.6 is 46.4 Å². The fourth-order valence-corrected chi connectivity index (χ4v) is 3.53. The van der Waals surface area contributed by atoms with E-state index in [1.807, 2.05) is 0 Å². The first-order valence-corrected chi connectivity index (χ1v) is 9.78. The summed E-state index contributed by atoms with van der Waals surface area (Å²) in [7, 11) is 0. The zero-order valence-electron chi connectivity index (χ0n) is 14.9. The molecule has 0 N–H and O–H groups in total. The Morgan fingerprint density at radius 2 is 1.34 bits per heavy atom. The van der Waals surface area contributed by atoms with Gasteiger partial charge in [0.2, 0.25) is 0 Å². The van der Waals surface area contributed by atoms with E-state index < -0.39 is 0 Å². The van der Waals surface area contributed by atoms with Crippen molar-refractivity contribution >= 4 is 80.3 Å². The molecule has 0 atom stereocenters. The highest BCUT2D eigenvalue weighted by atomic mass is 35.5. The highest BCUT2D eigenvalue weighted by Gasteiger charge is 2.10. The van der Waals surface area contributed by atoms with Gasteiger partial charge >= 0.3 is 0 Å². The summed E-state index contributed by atoms with van der Waals surface area (Å²) in [6.07, 6.45) is 0.665. The largest absolute Gasteiger partial charge is 0.298 e. The molecule has 0 amide bonds. The number of carbonyl (C=O) groups is 2. The fourth-order valence-electron chi connectivity index (χ4n) is 2.62. The van der Waals surface area contributed by atoms with Crippen LogP contribution in [-0.2, 0) is 0 Å². The number of fused-ring (bicyclic) bond motifs is 2. The third kappa shape index (κ3) is 4.68. The van der Waals surface area contributed by atoms with Crippen LogP contribution < -0.4 is 0 Å². The van der Waals surface area contributed by atoms with Crippen molar-refractivity contribution in [2.75, 3.05) is 0 Å². The second-order valence-electron chi connectivity index (χ2n) is 5.98. The Morgan fingerprint density at radius 3 is 1.86 bits per heavy atom. The maximum Gasteiger partial charge on any atom is 0.162 e. The summed E-state index contributed by atoms with van der Waals surface area (Å²) < 4.78 is 0. The quantitative estimate of drug-likeness (QED) is 0.180. The van der Waals surface area contributed by atoms with Gasteiger partial charge < -0.3 is 0 Å². The molecule has 2 heterocycles. The number of benzene rings is 2. The summed E-state index contributed by atoms with van der Waals surface area (Å²) in [6.45, 7) is 1.45. The van der Waals surface area contributed by atoms with E-state index >= 15 is 0 Å². The van der Waals surface area contributed by atoms with Gasteiger partial charge in [-0.1, -0.05) is 58.5 Å². The second-order valence-corrected chi connectivity index (χ2v) is 7.51. The van der Waals surface area contributed by atoms with Crippen molar-refractivity contribution in [1.82, 2.24) is 9.97 Å². The molecule has 0 aliphatic heterocycles. The van der Waals surface area contributed by atoms with Gasteiger partial charge in [0.05, 0.1) is 22.2 Å². The summed E-state index contributed by atoms with van der Waals surface area (Å²) in [5.41, 5.74) is 2.13. The average Bonchev–Trinajstić information content (AvgIpc) is 2.68. The van der Waals surface area contributed by atoms with Crippen LogP contribution in [0.25, 0.3) is 21.8 Å². The zero-order valence-corrected chi connectivity index (χ0v) is 17.9. The average molecular weight is 466 g/mol. The van der Waals surface area contributed by atoms with E-state index in [0.717, 1.165) is 10.8 Å². The lowest BCUT2D eigenvalue weighted by Gasteiger charge is -2.03. The molecule has 2 aromatic heterocycles. The molecule has 0 bridgehead atoms. The van der Waals surface area contributed by atoms with E-state index in [2.05, 4.69) is 9.97 Å². The SMILES string of the molecule is CC(=O)c1cc2c(Cl)cccc2nc1Cl.O=Cc1cc2c(Cl)cccc2nc1Cl. The highest BCUT2D eigenvalue weighted by molar-refractivity contribution is 6.37. The summed E-state index contributed by atoms with van der Waals surface area (Å²) in [5, 5.41) is 3.04. The molecule has 0 unspecified atom stereocenters. The number of hydrogen-bond donors (Lipinski definition) is 0. The number of ketones is 1. The highest BCUT2D eigenvalue weighted by Crippen LogP contribution is 2.27. The second kappa shape index (κ2) is 9.06. The molecular formula is C21H12Cl4N2O2. The van der Waals surface area contributed by atoms with E-state index in [1.165, 1.54) is 6.92 Å². The van der Waals surface area contributed by atoms with Gasteiger partial charge in [-0.05, 0) is 43.3 Å². The standard InChI is InChI=1S/C11H7Cl2NO.C10H5Cl2NO/c1-6(15)7-5-8-9(12)3-2-4-10(8)14-11(7)13;11-8-2-1-3-9-7(8)4-6(5-14)10(12)13-9/h2-5H,1H3;1-5H. The van der Waals surface area contributed by atoms with E-state index in [0.29, 0.717) is 38.5 Å². The predicted octanol–water partition coefficient (Wildman–Crippen LogP) is 7.10. The number of Topliss-reactive ketones (excluding diaryl/α,β-unsaturated/α-hetero) is 1. The predicted molar refractivity (Wildman–Crippen MR) is 119 cm³/mol. The van der Waals surface area contributed by atoms with Gasteiger partial charge in [0.25, 0.3) is 0 Å². The molecule has 146 valence electrons. The summed E-state index contributed by atoms with van der Waals surface area (Å²) in [4.78, 5) is 30.0. The molecule has 4 nitrogen and oxygen atoms in total. The number of aldehydes is 1. The molecule has 4 aromatic rings. The van der Waals surface area contributed by atoms with E-state index in [9.17, 15) is 9.59 Å². The Balaban J connectivity index is 0.000000166. The van der Waals surface area contributed by atoms with Crippen LogP contribution in [0.3, 0.4) is 0 Å². The number of nitrogens with zero attached hydrogens (tertiary/aromatic N) is 2. The van der Waals surface area contributed by atoms with Crippen molar-refractivity contribution in [1.29, 1.82) is 0 Å². The van der Waals surface area contributed by atoms with Crippen molar-refractivity contribution in [3.8, 4) is 0 Å². The van der Waals surface area contributed by atoms with Crippen molar-refractivity contribution in [2.45, 2.75) is 6.92 Å². The maximum atomic E-state index is 11.3. The first-order chi connectivity index (χ1) is 13.8. The molecule has 0 fully saturated rings. The molecule has 2 aromatic carbocycles. The van der Waals surface area contributed by atoms with Crippen molar-refractivity contribution < 1.29 is 9.59 Å². The Hall–Kier alpha value is -2.24. The molecule has 0 aliphatic carbocycles. The zero-order chi connectivity index (χ0) is 21.1. The Labute approximate surface area is 186 Å². The van der Waals surface area contributed by atoms with Gasteiger partial charge in [-0.2, -0.15) is 0 Å². The van der Waals surface area contributed by atoms with Crippen LogP contribution in [0.4, 0.5) is 0 Å². The first-order valence-electron chi connectivity index (χ1n) is 8.27. The normalized spacial score (nSPS) is 10.5. The lowest BCUT2D eigenvalue weighted by molar-refractivity contribution is 0.101. The van der Waals surface area contributed by atoms with Crippen molar-refractivity contribution in [3.05, 3.63) is 80.0 Å². The van der Waals surface area contributed by atoms with Crippen molar-refractivity contribution in [3.63, 3.8) is 0 Å². The van der Waals surface area contributed by atoms with Crippen LogP contribution in [-0.4, -0.2) is 22.0 Å². The van der Waals surface area contributed by atoms with Crippen molar-refractivity contribution in [2.24, 2.45) is 0 Å². The number of aromatic nitrogens is 2. The smallest absolute Gasteiger partial charge is 0.162 e. The lowest BCUT2D eigenvalue weighted by atomic mass is 10.1. The molecule has 0 aliphatic rings. The molecule has 0 radical (unpaired) electrons. The Morgan fingerprint density at radius 1 is 0.828 bits per heavy atom. The van der Waals surface area contributed by atoms with Gasteiger partial charge in [0.1, 0.15) is 10.3 Å². The third-order valence-electron chi connectivity index (χ3n) is 4.05. The number of rotatable bonds is 2. The van der Waals surface area contributed by atoms with Crippen LogP contribution in [0.2, 0.25) is 20.4 Å².